The van der Waals surface area contributed by atoms with E-state index in [-0.39, 0.29) is 30.6 Å². The molecule has 0 bridgehead atoms. The van der Waals surface area contributed by atoms with E-state index in [1.807, 2.05) is 20.8 Å². The van der Waals surface area contributed by atoms with Crippen molar-refractivity contribution in [2.75, 3.05) is 7.11 Å². The summed E-state index contributed by atoms with van der Waals surface area (Å²) in [6, 6.07) is 5.40. The quantitative estimate of drug-likeness (QED) is 0.802. The minimum atomic E-state index is -0.0893. The molecule has 0 aliphatic heterocycles. The summed E-state index contributed by atoms with van der Waals surface area (Å²) >= 11 is 0. The van der Waals surface area contributed by atoms with Crippen LogP contribution < -0.4 is 10.1 Å². The minimum absolute atomic E-state index is 0.0235. The van der Waals surface area contributed by atoms with Gasteiger partial charge in [0, 0.05) is 24.4 Å². The van der Waals surface area contributed by atoms with E-state index in [1.54, 1.807) is 25.3 Å². The van der Waals surface area contributed by atoms with E-state index < -0.39 is 0 Å². The number of carbonyl (C=O) groups is 2. The zero-order chi connectivity index (χ0) is 14.4. The summed E-state index contributed by atoms with van der Waals surface area (Å²) < 4.78 is 5.15. The summed E-state index contributed by atoms with van der Waals surface area (Å²) in [6.45, 7) is 5.68. The second-order valence-electron chi connectivity index (χ2n) is 4.83. The standard InChI is InChI=1S/C15H21NO3/c1-10(2)16-15(18)8-6-13(17)12-5-7-14(19-4)11(3)9-12/h5,7,9-10H,6,8H2,1-4H3,(H,16,18). The number of aryl methyl sites for hydroxylation is 1. The van der Waals surface area contributed by atoms with Crippen LogP contribution in [0.4, 0.5) is 0 Å². The molecule has 0 saturated carbocycles. The van der Waals surface area contributed by atoms with Gasteiger partial charge < -0.3 is 10.1 Å². The molecule has 0 unspecified atom stereocenters. The molecule has 0 heterocycles. The number of amides is 1. The molecule has 19 heavy (non-hydrogen) atoms. The lowest BCUT2D eigenvalue weighted by Gasteiger charge is -2.09. The molecule has 0 aromatic heterocycles. The maximum absolute atomic E-state index is 12.0. The Morgan fingerprint density at radius 2 is 1.95 bits per heavy atom. The third-order valence-electron chi connectivity index (χ3n) is 2.75. The van der Waals surface area contributed by atoms with Crippen molar-refractivity contribution in [1.29, 1.82) is 0 Å². The van der Waals surface area contributed by atoms with Crippen molar-refractivity contribution >= 4 is 11.7 Å². The molecule has 104 valence electrons. The fourth-order valence-corrected chi connectivity index (χ4v) is 1.82. The maximum Gasteiger partial charge on any atom is 0.220 e. The van der Waals surface area contributed by atoms with Gasteiger partial charge in [-0.25, -0.2) is 0 Å². The molecule has 0 aliphatic carbocycles. The largest absolute Gasteiger partial charge is 0.496 e. The fourth-order valence-electron chi connectivity index (χ4n) is 1.82. The van der Waals surface area contributed by atoms with Crippen LogP contribution in [-0.2, 0) is 4.79 Å². The Balaban J connectivity index is 2.59. The number of rotatable bonds is 6. The summed E-state index contributed by atoms with van der Waals surface area (Å²) in [5.74, 6) is 0.646. The molecule has 0 atom stereocenters. The van der Waals surface area contributed by atoms with E-state index in [1.165, 1.54) is 0 Å². The summed E-state index contributed by atoms with van der Waals surface area (Å²) in [6.07, 6.45) is 0.451. The molecule has 1 aromatic carbocycles. The number of carbonyl (C=O) groups excluding carboxylic acids is 2. The van der Waals surface area contributed by atoms with E-state index in [2.05, 4.69) is 5.32 Å². The van der Waals surface area contributed by atoms with E-state index >= 15 is 0 Å². The number of Topliss-reactive ketones (excluding diaryl/α,β-unsaturated/α-hetero) is 1. The normalized spacial score (nSPS) is 10.4. The van der Waals surface area contributed by atoms with Crippen LogP contribution in [0.3, 0.4) is 0 Å². The number of ketones is 1. The number of hydrogen-bond acceptors (Lipinski definition) is 3. The molecule has 1 aromatic rings. The van der Waals surface area contributed by atoms with Gasteiger partial charge in [-0.2, -0.15) is 0 Å². The molecule has 1 amide bonds. The highest BCUT2D eigenvalue weighted by Crippen LogP contribution is 2.19. The van der Waals surface area contributed by atoms with Gasteiger partial charge in [0.05, 0.1) is 7.11 Å². The highest BCUT2D eigenvalue weighted by atomic mass is 16.5. The van der Waals surface area contributed by atoms with Crippen LogP contribution in [0.25, 0.3) is 0 Å². The van der Waals surface area contributed by atoms with Crippen molar-refractivity contribution in [3.05, 3.63) is 29.3 Å². The monoisotopic (exact) mass is 263 g/mol. The van der Waals surface area contributed by atoms with Gasteiger partial charge in [0.25, 0.3) is 0 Å². The Morgan fingerprint density at radius 1 is 1.26 bits per heavy atom. The minimum Gasteiger partial charge on any atom is -0.496 e. The number of hydrogen-bond donors (Lipinski definition) is 1. The Kier molecular flexibility index (Phi) is 5.55. The highest BCUT2D eigenvalue weighted by molar-refractivity contribution is 5.98. The molecule has 0 saturated heterocycles. The van der Waals surface area contributed by atoms with E-state index in [0.717, 1.165) is 11.3 Å². The second kappa shape index (κ2) is 6.92. The van der Waals surface area contributed by atoms with Gasteiger partial charge in [0.15, 0.2) is 5.78 Å². The molecule has 1 rings (SSSR count). The first-order valence-corrected chi connectivity index (χ1v) is 6.41. The molecule has 1 N–H and O–H groups in total. The number of ether oxygens (including phenoxy) is 1. The third kappa shape index (κ3) is 4.73. The average Bonchev–Trinajstić information content (AvgIpc) is 2.35. The van der Waals surface area contributed by atoms with Gasteiger partial charge in [-0.3, -0.25) is 9.59 Å². The summed E-state index contributed by atoms with van der Waals surface area (Å²) in [4.78, 5) is 23.4. The average molecular weight is 263 g/mol. The first-order valence-electron chi connectivity index (χ1n) is 6.41. The van der Waals surface area contributed by atoms with Crippen LogP contribution in [0.15, 0.2) is 18.2 Å². The maximum atomic E-state index is 12.0. The van der Waals surface area contributed by atoms with Crippen molar-refractivity contribution in [3.8, 4) is 5.75 Å². The summed E-state index contributed by atoms with van der Waals surface area (Å²) in [5.41, 5.74) is 1.54. The molecule has 4 heteroatoms. The highest BCUT2D eigenvalue weighted by Gasteiger charge is 2.11. The molecule has 0 radical (unpaired) electrons. The molecule has 4 nitrogen and oxygen atoms in total. The van der Waals surface area contributed by atoms with E-state index in [0.29, 0.717) is 5.56 Å². The van der Waals surface area contributed by atoms with Crippen LogP contribution >= 0.6 is 0 Å². The smallest absolute Gasteiger partial charge is 0.220 e. The molecular weight excluding hydrogens is 242 g/mol. The van der Waals surface area contributed by atoms with E-state index in [4.69, 9.17) is 4.74 Å². The topological polar surface area (TPSA) is 55.4 Å². The molecule has 0 aliphatic rings. The van der Waals surface area contributed by atoms with Gasteiger partial charge in [0.2, 0.25) is 5.91 Å². The number of benzene rings is 1. The van der Waals surface area contributed by atoms with Gasteiger partial charge in [-0.1, -0.05) is 0 Å². The lowest BCUT2D eigenvalue weighted by Crippen LogP contribution is -2.30. The first kappa shape index (κ1) is 15.2. The van der Waals surface area contributed by atoms with Crippen molar-refractivity contribution in [1.82, 2.24) is 5.32 Å². The Labute approximate surface area is 114 Å². The zero-order valence-corrected chi connectivity index (χ0v) is 11.9. The fraction of sp³-hybridized carbons (Fsp3) is 0.467. The van der Waals surface area contributed by atoms with Crippen LogP contribution in [0.5, 0.6) is 5.75 Å². The van der Waals surface area contributed by atoms with Gasteiger partial charge in [-0.15, -0.1) is 0 Å². The number of methoxy groups -OCH3 is 1. The van der Waals surface area contributed by atoms with E-state index in [9.17, 15) is 9.59 Å². The number of nitrogens with one attached hydrogen (secondary N) is 1. The second-order valence-corrected chi connectivity index (χ2v) is 4.83. The van der Waals surface area contributed by atoms with Crippen molar-refractivity contribution in [2.24, 2.45) is 0 Å². The Hall–Kier alpha value is -1.84. The Bertz CT molecular complexity index is 466. The van der Waals surface area contributed by atoms with Crippen LogP contribution in [0.1, 0.15) is 42.6 Å². The summed E-state index contributed by atoms with van der Waals surface area (Å²) in [7, 11) is 1.60. The zero-order valence-electron chi connectivity index (χ0n) is 11.9. The lowest BCUT2D eigenvalue weighted by atomic mass is 10.0. The van der Waals surface area contributed by atoms with Gasteiger partial charge in [-0.05, 0) is 44.5 Å². The summed E-state index contributed by atoms with van der Waals surface area (Å²) in [5, 5.41) is 2.77. The predicted octanol–water partition coefficient (Wildman–Crippen LogP) is 2.49. The van der Waals surface area contributed by atoms with Crippen molar-refractivity contribution < 1.29 is 14.3 Å². The first-order chi connectivity index (χ1) is 8.93. The lowest BCUT2D eigenvalue weighted by molar-refractivity contribution is -0.121. The molecule has 0 fully saturated rings. The van der Waals surface area contributed by atoms with Gasteiger partial charge >= 0.3 is 0 Å². The molecule has 0 spiro atoms. The van der Waals surface area contributed by atoms with Crippen LogP contribution in [-0.4, -0.2) is 24.8 Å². The van der Waals surface area contributed by atoms with Crippen molar-refractivity contribution in [2.45, 2.75) is 39.7 Å². The predicted molar refractivity (Wildman–Crippen MR) is 74.6 cm³/mol. The third-order valence-corrected chi connectivity index (χ3v) is 2.75. The molecular formula is C15H21NO3. The van der Waals surface area contributed by atoms with Crippen molar-refractivity contribution in [3.63, 3.8) is 0 Å². The Morgan fingerprint density at radius 3 is 2.47 bits per heavy atom. The van der Waals surface area contributed by atoms with Crippen LogP contribution in [0, 0.1) is 6.92 Å². The SMILES string of the molecule is COc1ccc(C(=O)CCC(=O)NC(C)C)cc1C. The van der Waals surface area contributed by atoms with Gasteiger partial charge in [0.1, 0.15) is 5.75 Å². The van der Waals surface area contributed by atoms with Crippen LogP contribution in [0.2, 0.25) is 0 Å².